The highest BCUT2D eigenvalue weighted by Gasteiger charge is 2.44. The molecule has 0 aromatic heterocycles. The Kier molecular flexibility index (Phi) is 6.63. The fraction of sp³-hybridized carbons (Fsp3) is 0.0690. The van der Waals surface area contributed by atoms with Crippen molar-refractivity contribution >= 4 is 29.1 Å². The minimum Gasteiger partial charge on any atom is -0.312 e. The van der Waals surface area contributed by atoms with Crippen LogP contribution in [0.2, 0.25) is 0 Å². The highest BCUT2D eigenvalue weighted by atomic mass is 31.2. The van der Waals surface area contributed by atoms with E-state index in [0.717, 1.165) is 5.70 Å². The van der Waals surface area contributed by atoms with Crippen molar-refractivity contribution in [2.45, 2.75) is 6.92 Å². The SMILES string of the molecule is C/C(=C\[P+](c1ccccc1)(c1ccccc1)c1ccccc1)N(C)C(=O)c1ccccc1. The summed E-state index contributed by atoms with van der Waals surface area (Å²) in [7, 11) is -0.292. The van der Waals surface area contributed by atoms with Crippen molar-refractivity contribution in [1.82, 2.24) is 4.90 Å². The summed E-state index contributed by atoms with van der Waals surface area (Å²) in [6.07, 6.45) is 0. The molecule has 0 saturated carbocycles. The molecule has 0 atom stereocenters. The molecule has 0 aliphatic rings. The summed E-state index contributed by atoms with van der Waals surface area (Å²) in [5, 5.41) is 3.78. The molecule has 0 N–H and O–H groups in total. The molecule has 3 heteroatoms. The Balaban J connectivity index is 1.92. The van der Waals surface area contributed by atoms with Gasteiger partial charge in [0.15, 0.2) is 0 Å². The molecule has 0 radical (unpaired) electrons. The van der Waals surface area contributed by atoms with Gasteiger partial charge in [-0.2, -0.15) is 0 Å². The number of amides is 1. The quantitative estimate of drug-likeness (QED) is 0.360. The molecule has 32 heavy (non-hydrogen) atoms. The topological polar surface area (TPSA) is 20.3 Å². The van der Waals surface area contributed by atoms with Crippen LogP contribution in [0.5, 0.6) is 0 Å². The molecule has 158 valence electrons. The fourth-order valence-corrected chi connectivity index (χ4v) is 7.96. The smallest absolute Gasteiger partial charge is 0.257 e. The third-order valence-electron chi connectivity index (χ3n) is 5.73. The van der Waals surface area contributed by atoms with Gasteiger partial charge in [-0.25, -0.2) is 0 Å². The molecule has 0 heterocycles. The third kappa shape index (κ3) is 4.28. The average molecular weight is 437 g/mol. The number of hydrogen-bond acceptors (Lipinski definition) is 1. The van der Waals surface area contributed by atoms with E-state index >= 15 is 0 Å². The van der Waals surface area contributed by atoms with Crippen LogP contribution in [0.25, 0.3) is 0 Å². The predicted octanol–water partition coefficient (Wildman–Crippen LogP) is 5.61. The zero-order valence-electron chi connectivity index (χ0n) is 18.4. The Bertz CT molecular complexity index is 1090. The molecular weight excluding hydrogens is 409 g/mol. The monoisotopic (exact) mass is 436 g/mol. The van der Waals surface area contributed by atoms with Crippen LogP contribution in [-0.4, -0.2) is 17.9 Å². The van der Waals surface area contributed by atoms with Gasteiger partial charge < -0.3 is 4.90 Å². The van der Waals surface area contributed by atoms with Crippen LogP contribution < -0.4 is 15.9 Å². The molecule has 0 aliphatic heterocycles. The van der Waals surface area contributed by atoms with E-state index in [1.165, 1.54) is 15.9 Å². The normalized spacial score (nSPS) is 11.8. The first-order chi connectivity index (χ1) is 15.6. The van der Waals surface area contributed by atoms with E-state index in [-0.39, 0.29) is 5.91 Å². The van der Waals surface area contributed by atoms with Gasteiger partial charge in [0.1, 0.15) is 23.2 Å². The fourth-order valence-electron chi connectivity index (χ4n) is 3.96. The van der Waals surface area contributed by atoms with Crippen molar-refractivity contribution < 1.29 is 4.79 Å². The van der Waals surface area contributed by atoms with Gasteiger partial charge in [0.05, 0.1) is 11.5 Å². The van der Waals surface area contributed by atoms with Gasteiger partial charge in [0.2, 0.25) is 0 Å². The number of nitrogens with zero attached hydrogens (tertiary/aromatic N) is 1. The summed E-state index contributed by atoms with van der Waals surface area (Å²) in [6, 6.07) is 41.4. The van der Waals surface area contributed by atoms with Crippen molar-refractivity contribution in [3.05, 3.63) is 138 Å². The zero-order valence-corrected chi connectivity index (χ0v) is 19.3. The number of benzene rings is 4. The molecule has 2 nitrogen and oxygen atoms in total. The maximum absolute atomic E-state index is 13.2. The van der Waals surface area contributed by atoms with Crippen LogP contribution in [-0.2, 0) is 0 Å². The molecule has 4 rings (SSSR count). The summed E-state index contributed by atoms with van der Waals surface area (Å²) in [5.41, 5.74) is 1.62. The van der Waals surface area contributed by atoms with Crippen LogP contribution in [0.15, 0.2) is 133 Å². The molecule has 4 aromatic carbocycles. The summed E-state index contributed by atoms with van der Waals surface area (Å²) in [5.74, 6) is 2.32. The molecule has 0 aliphatic carbocycles. The Hall–Kier alpha value is -3.48. The highest BCUT2D eigenvalue weighted by molar-refractivity contribution is 7.98. The lowest BCUT2D eigenvalue weighted by molar-refractivity contribution is 0.0837. The lowest BCUT2D eigenvalue weighted by Gasteiger charge is -2.27. The van der Waals surface area contributed by atoms with Gasteiger partial charge in [-0.15, -0.1) is 0 Å². The lowest BCUT2D eigenvalue weighted by Crippen LogP contribution is -2.32. The molecule has 0 unspecified atom stereocenters. The Morgan fingerprint density at radius 1 is 0.625 bits per heavy atom. The van der Waals surface area contributed by atoms with Gasteiger partial charge in [-0.05, 0) is 55.5 Å². The molecule has 4 aromatic rings. The lowest BCUT2D eigenvalue weighted by atomic mass is 10.2. The zero-order chi connectivity index (χ0) is 22.4. The minimum atomic E-state index is -2.15. The minimum absolute atomic E-state index is 0.00775. The van der Waals surface area contributed by atoms with Crippen molar-refractivity contribution in [1.29, 1.82) is 0 Å². The van der Waals surface area contributed by atoms with Gasteiger partial charge in [0, 0.05) is 12.6 Å². The van der Waals surface area contributed by atoms with Crippen LogP contribution in [0, 0.1) is 0 Å². The first kappa shape index (κ1) is 21.7. The maximum atomic E-state index is 13.2. The summed E-state index contributed by atoms with van der Waals surface area (Å²) >= 11 is 0. The van der Waals surface area contributed by atoms with Crippen molar-refractivity contribution in [2.24, 2.45) is 0 Å². The molecule has 0 saturated heterocycles. The second-order valence-electron chi connectivity index (χ2n) is 7.73. The summed E-state index contributed by atoms with van der Waals surface area (Å²) in [4.78, 5) is 14.9. The molecule has 0 spiro atoms. The van der Waals surface area contributed by atoms with Crippen LogP contribution in [0.3, 0.4) is 0 Å². The first-order valence-electron chi connectivity index (χ1n) is 10.7. The van der Waals surface area contributed by atoms with Crippen molar-refractivity contribution in [3.8, 4) is 0 Å². The second kappa shape index (κ2) is 9.77. The molecular formula is C29H27NOP+. The van der Waals surface area contributed by atoms with Crippen molar-refractivity contribution in [3.63, 3.8) is 0 Å². The number of allylic oxidation sites excluding steroid dienone is 1. The standard InChI is InChI=1S/C29H27NOP/c1-24(30(2)29(31)25-15-7-3-8-16-25)23-32(26-17-9-4-10-18-26,27-19-11-5-12-20-27)28-21-13-6-14-22-28/h3-23H,1-2H3/q+1/b24-23+. The van der Waals surface area contributed by atoms with Gasteiger partial charge >= 0.3 is 0 Å². The van der Waals surface area contributed by atoms with Gasteiger partial charge in [0.25, 0.3) is 5.91 Å². The summed E-state index contributed by atoms with van der Waals surface area (Å²) < 4.78 is 0. The number of rotatable bonds is 6. The van der Waals surface area contributed by atoms with E-state index in [4.69, 9.17) is 0 Å². The second-order valence-corrected chi connectivity index (χ2v) is 11.0. The van der Waals surface area contributed by atoms with Crippen LogP contribution in [0.1, 0.15) is 17.3 Å². The Morgan fingerprint density at radius 2 is 0.969 bits per heavy atom. The molecule has 0 fully saturated rings. The number of carbonyl (C=O) groups excluding carboxylic acids is 1. The van der Waals surface area contributed by atoms with E-state index < -0.39 is 7.26 Å². The van der Waals surface area contributed by atoms with Crippen molar-refractivity contribution in [2.75, 3.05) is 7.05 Å². The molecule has 0 bridgehead atoms. The van der Waals surface area contributed by atoms with E-state index in [2.05, 4.69) is 96.8 Å². The third-order valence-corrected chi connectivity index (χ3v) is 9.82. The van der Waals surface area contributed by atoms with Crippen LogP contribution in [0.4, 0.5) is 0 Å². The summed E-state index contributed by atoms with van der Waals surface area (Å²) in [6.45, 7) is 2.03. The highest BCUT2D eigenvalue weighted by Crippen LogP contribution is 2.57. The van der Waals surface area contributed by atoms with Crippen LogP contribution >= 0.6 is 7.26 Å². The number of carbonyl (C=O) groups is 1. The Labute approximate surface area is 191 Å². The largest absolute Gasteiger partial charge is 0.312 e. The van der Waals surface area contributed by atoms with Gasteiger partial charge in [-0.3, -0.25) is 4.79 Å². The maximum Gasteiger partial charge on any atom is 0.257 e. The van der Waals surface area contributed by atoms with E-state index in [1.807, 2.05) is 44.3 Å². The number of hydrogen-bond donors (Lipinski definition) is 0. The Morgan fingerprint density at radius 3 is 1.34 bits per heavy atom. The first-order valence-corrected chi connectivity index (χ1v) is 12.6. The van der Waals surface area contributed by atoms with E-state index in [1.54, 1.807) is 4.90 Å². The molecule has 1 amide bonds. The van der Waals surface area contributed by atoms with E-state index in [9.17, 15) is 4.79 Å². The predicted molar refractivity (Wildman–Crippen MR) is 137 cm³/mol. The van der Waals surface area contributed by atoms with E-state index in [0.29, 0.717) is 5.56 Å². The van der Waals surface area contributed by atoms with Gasteiger partial charge in [-0.1, -0.05) is 72.8 Å². The average Bonchev–Trinajstić information content (AvgIpc) is 2.88.